The van der Waals surface area contributed by atoms with E-state index in [-0.39, 0.29) is 6.42 Å². The van der Waals surface area contributed by atoms with E-state index in [4.69, 9.17) is 4.74 Å². The summed E-state index contributed by atoms with van der Waals surface area (Å²) < 4.78 is 5.55. The molecule has 0 saturated carbocycles. The summed E-state index contributed by atoms with van der Waals surface area (Å²) in [5, 5.41) is 9.80. The van der Waals surface area contributed by atoms with Crippen LogP contribution in [0.15, 0.2) is 18.2 Å². The molecule has 0 radical (unpaired) electrons. The molecule has 0 bridgehead atoms. The number of amides is 1. The predicted molar refractivity (Wildman–Crippen MR) is 100 cm³/mol. The molecule has 7 heteroatoms. The minimum Gasteiger partial charge on any atom is -0.480 e. The average Bonchev–Trinajstić information content (AvgIpc) is 3.00. The number of piperidine rings is 1. The number of aliphatic carboxylic acids is 1. The van der Waals surface area contributed by atoms with Crippen LogP contribution in [0.2, 0.25) is 0 Å². The first-order valence-corrected chi connectivity index (χ1v) is 9.31. The van der Waals surface area contributed by atoms with Crippen molar-refractivity contribution in [1.82, 2.24) is 4.90 Å². The van der Waals surface area contributed by atoms with Crippen LogP contribution >= 0.6 is 0 Å². The van der Waals surface area contributed by atoms with Crippen LogP contribution in [0.3, 0.4) is 0 Å². The number of benzene rings is 1. The van der Waals surface area contributed by atoms with E-state index in [9.17, 15) is 19.5 Å². The summed E-state index contributed by atoms with van der Waals surface area (Å²) in [6, 6.07) is 4.46. The fourth-order valence-corrected chi connectivity index (χ4v) is 3.94. The molecule has 2 aliphatic heterocycles. The number of fused-ring (bicyclic) bond motifs is 1. The van der Waals surface area contributed by atoms with Crippen molar-refractivity contribution >= 4 is 24.0 Å². The molecular weight excluding hydrogens is 348 g/mol. The molecule has 1 N–H and O–H groups in total. The fraction of sp³-hybridized carbons (Fsp3) is 0.550. The van der Waals surface area contributed by atoms with Gasteiger partial charge in [0, 0.05) is 24.2 Å². The molecule has 0 aromatic heterocycles. The second kappa shape index (κ2) is 7.21. The number of carboxylic acid groups (broad SMARTS) is 1. The lowest BCUT2D eigenvalue weighted by molar-refractivity contribution is -0.138. The standard InChI is InChI=1S/C20H26N2O5/c1-20(2,3)27-19(26)21-10-5-4-9-17(21)22-15-8-6-7-13(12-23)14(15)11-16(22)18(24)25/h6-8,12,16-17H,4-5,9-11H2,1-3H3,(H,24,25)/t16-,17-/m0/s1. The summed E-state index contributed by atoms with van der Waals surface area (Å²) in [5.41, 5.74) is 1.32. The van der Waals surface area contributed by atoms with E-state index in [2.05, 4.69) is 0 Å². The minimum absolute atomic E-state index is 0.248. The molecule has 1 fully saturated rings. The van der Waals surface area contributed by atoms with Gasteiger partial charge in [0.2, 0.25) is 0 Å². The van der Waals surface area contributed by atoms with Crippen LogP contribution in [0, 0.1) is 0 Å². The topological polar surface area (TPSA) is 87.2 Å². The first-order valence-electron chi connectivity index (χ1n) is 9.31. The number of rotatable bonds is 3. The number of carbonyl (C=O) groups is 3. The van der Waals surface area contributed by atoms with Crippen molar-refractivity contribution in [3.05, 3.63) is 29.3 Å². The summed E-state index contributed by atoms with van der Waals surface area (Å²) in [6.07, 6.45) is 2.58. The Morgan fingerprint density at radius 1 is 1.26 bits per heavy atom. The minimum atomic E-state index is -0.960. The lowest BCUT2D eigenvalue weighted by atomic mass is 10.0. The lowest BCUT2D eigenvalue weighted by Gasteiger charge is -2.44. The third kappa shape index (κ3) is 3.77. The first-order chi connectivity index (χ1) is 12.7. The first kappa shape index (κ1) is 19.2. The van der Waals surface area contributed by atoms with Crippen LogP contribution in [0.4, 0.5) is 10.5 Å². The van der Waals surface area contributed by atoms with Crippen molar-refractivity contribution in [2.24, 2.45) is 0 Å². The maximum absolute atomic E-state index is 12.8. The van der Waals surface area contributed by atoms with Gasteiger partial charge in [-0.25, -0.2) is 9.59 Å². The van der Waals surface area contributed by atoms with Crippen LogP contribution in [-0.4, -0.2) is 52.7 Å². The predicted octanol–water partition coefficient (Wildman–Crippen LogP) is 3.06. The van der Waals surface area contributed by atoms with E-state index in [1.54, 1.807) is 21.9 Å². The van der Waals surface area contributed by atoms with Gasteiger partial charge in [0.25, 0.3) is 0 Å². The van der Waals surface area contributed by atoms with Crippen molar-refractivity contribution in [3.63, 3.8) is 0 Å². The fourth-order valence-electron chi connectivity index (χ4n) is 3.94. The third-order valence-electron chi connectivity index (χ3n) is 5.03. The molecule has 0 aliphatic carbocycles. The van der Waals surface area contributed by atoms with Crippen LogP contribution in [0.25, 0.3) is 0 Å². The zero-order valence-corrected chi connectivity index (χ0v) is 16.0. The molecule has 27 heavy (non-hydrogen) atoms. The number of ether oxygens (including phenoxy) is 1. The zero-order chi connectivity index (χ0) is 19.8. The molecule has 2 aliphatic rings. The zero-order valence-electron chi connectivity index (χ0n) is 16.0. The molecule has 1 aromatic rings. The van der Waals surface area contributed by atoms with E-state index in [0.717, 1.165) is 24.7 Å². The third-order valence-corrected chi connectivity index (χ3v) is 5.03. The summed E-state index contributed by atoms with van der Waals surface area (Å²) in [7, 11) is 0. The van der Waals surface area contributed by atoms with Crippen molar-refractivity contribution in [1.29, 1.82) is 0 Å². The lowest BCUT2D eigenvalue weighted by Crippen LogP contribution is -2.58. The van der Waals surface area contributed by atoms with Crippen molar-refractivity contribution in [2.45, 2.75) is 64.3 Å². The molecule has 2 atom stereocenters. The van der Waals surface area contributed by atoms with E-state index in [1.165, 1.54) is 0 Å². The monoisotopic (exact) mass is 374 g/mol. The van der Waals surface area contributed by atoms with Gasteiger partial charge >= 0.3 is 12.1 Å². The number of carboxylic acids is 1. The number of hydrogen-bond acceptors (Lipinski definition) is 5. The summed E-state index contributed by atoms with van der Waals surface area (Å²) in [6.45, 7) is 5.95. The number of aldehydes is 1. The number of anilines is 1. The van der Waals surface area contributed by atoms with Gasteiger partial charge in [0.15, 0.2) is 0 Å². The molecule has 1 aromatic carbocycles. The van der Waals surface area contributed by atoms with Crippen LogP contribution in [0.1, 0.15) is 56.0 Å². The molecule has 146 valence electrons. The molecule has 0 unspecified atom stereocenters. The highest BCUT2D eigenvalue weighted by Gasteiger charge is 2.44. The Labute approximate surface area is 158 Å². The van der Waals surface area contributed by atoms with Gasteiger partial charge < -0.3 is 14.7 Å². The van der Waals surface area contributed by atoms with Crippen LogP contribution in [-0.2, 0) is 16.0 Å². The highest BCUT2D eigenvalue weighted by Crippen LogP contribution is 2.39. The molecule has 7 nitrogen and oxygen atoms in total. The van der Waals surface area contributed by atoms with Crippen LogP contribution < -0.4 is 4.90 Å². The summed E-state index contributed by atoms with van der Waals surface area (Å²) >= 11 is 0. The second-order valence-electron chi connectivity index (χ2n) is 8.08. The summed E-state index contributed by atoms with van der Waals surface area (Å²) in [4.78, 5) is 39.6. The van der Waals surface area contributed by atoms with Gasteiger partial charge in [0.1, 0.15) is 24.1 Å². The number of carbonyl (C=O) groups excluding carboxylic acids is 2. The molecule has 1 saturated heterocycles. The maximum Gasteiger partial charge on any atom is 0.411 e. The highest BCUT2D eigenvalue weighted by molar-refractivity contribution is 5.88. The average molecular weight is 374 g/mol. The van der Waals surface area contributed by atoms with E-state index < -0.39 is 29.9 Å². The molecule has 1 amide bonds. The van der Waals surface area contributed by atoms with E-state index in [0.29, 0.717) is 24.2 Å². The number of nitrogens with zero attached hydrogens (tertiary/aromatic N) is 2. The van der Waals surface area contributed by atoms with Gasteiger partial charge in [-0.1, -0.05) is 12.1 Å². The Balaban J connectivity index is 1.99. The van der Waals surface area contributed by atoms with E-state index in [1.807, 2.05) is 26.8 Å². The molecule has 2 heterocycles. The van der Waals surface area contributed by atoms with Gasteiger partial charge in [-0.3, -0.25) is 9.69 Å². The Bertz CT molecular complexity index is 755. The van der Waals surface area contributed by atoms with Crippen molar-refractivity contribution in [2.75, 3.05) is 11.4 Å². The molecule has 3 rings (SSSR count). The number of hydrogen-bond donors (Lipinski definition) is 1. The molecule has 0 spiro atoms. The Morgan fingerprint density at radius 2 is 2.00 bits per heavy atom. The largest absolute Gasteiger partial charge is 0.480 e. The van der Waals surface area contributed by atoms with Gasteiger partial charge in [-0.15, -0.1) is 0 Å². The maximum atomic E-state index is 12.8. The highest BCUT2D eigenvalue weighted by atomic mass is 16.6. The smallest absolute Gasteiger partial charge is 0.411 e. The second-order valence-corrected chi connectivity index (χ2v) is 8.08. The molecular formula is C20H26N2O5. The van der Waals surface area contributed by atoms with Crippen molar-refractivity contribution in [3.8, 4) is 0 Å². The quantitative estimate of drug-likeness (QED) is 0.818. The van der Waals surface area contributed by atoms with Gasteiger partial charge in [0.05, 0.1) is 0 Å². The summed E-state index contributed by atoms with van der Waals surface area (Å²) in [5.74, 6) is -0.960. The SMILES string of the molecule is CC(C)(C)OC(=O)N1CCCC[C@@H]1N1c2cccc(C=O)c2C[C@H]1C(=O)O. The number of likely N-dealkylation sites (tertiary alicyclic amines) is 1. The van der Waals surface area contributed by atoms with E-state index >= 15 is 0 Å². The van der Waals surface area contributed by atoms with Gasteiger partial charge in [-0.2, -0.15) is 0 Å². The van der Waals surface area contributed by atoms with Gasteiger partial charge in [-0.05, 0) is 51.7 Å². The van der Waals surface area contributed by atoms with Crippen molar-refractivity contribution < 1.29 is 24.2 Å². The Morgan fingerprint density at radius 3 is 2.63 bits per heavy atom. The van der Waals surface area contributed by atoms with Crippen LogP contribution in [0.5, 0.6) is 0 Å². The Hall–Kier alpha value is -2.57. The normalized spacial score (nSPS) is 22.3. The Kier molecular flexibility index (Phi) is 5.13.